The van der Waals surface area contributed by atoms with Crippen molar-refractivity contribution in [1.29, 1.82) is 0 Å². The quantitative estimate of drug-likeness (QED) is 0.661. The highest BCUT2D eigenvalue weighted by Crippen LogP contribution is 2.28. The molecule has 2 amide bonds. The molecule has 1 atom stereocenters. The fourth-order valence-electron chi connectivity index (χ4n) is 2.95. The fraction of sp³-hybridized carbons (Fsp3) is 0.350. The molecular weight excluding hydrogens is 424 g/mol. The summed E-state index contributed by atoms with van der Waals surface area (Å²) in [5.41, 5.74) is 1.35. The number of ether oxygens (including phenoxy) is 1. The van der Waals surface area contributed by atoms with E-state index in [4.69, 9.17) is 4.74 Å². The number of rotatable bonds is 7. The van der Waals surface area contributed by atoms with Gasteiger partial charge < -0.3 is 19.9 Å². The monoisotopic (exact) mass is 446 g/mol. The minimum absolute atomic E-state index is 0.188. The Morgan fingerprint density at radius 1 is 1.36 bits per heavy atom. The van der Waals surface area contributed by atoms with Crippen LogP contribution in [0.2, 0.25) is 0 Å². The minimum Gasteiger partial charge on any atom is -0.476 e. The van der Waals surface area contributed by atoms with Crippen molar-refractivity contribution in [2.24, 2.45) is 5.92 Å². The molecule has 148 valence electrons. The number of likely N-dealkylation sites (N-methyl/N-ethyl adjacent to an activating group) is 1. The third kappa shape index (κ3) is 5.08. The summed E-state index contributed by atoms with van der Waals surface area (Å²) < 4.78 is 6.48. The average molecular weight is 447 g/mol. The summed E-state index contributed by atoms with van der Waals surface area (Å²) in [5, 5.41) is 2.81. The summed E-state index contributed by atoms with van der Waals surface area (Å²) in [6.07, 6.45) is 2.05. The van der Waals surface area contributed by atoms with Crippen molar-refractivity contribution < 1.29 is 14.3 Å². The lowest BCUT2D eigenvalue weighted by atomic mass is 10.1. The maximum absolute atomic E-state index is 12.7. The number of nitrogens with zero attached hydrogens (tertiary/aromatic N) is 3. The zero-order valence-electron chi connectivity index (χ0n) is 15.9. The summed E-state index contributed by atoms with van der Waals surface area (Å²) >= 11 is 3.41. The zero-order valence-corrected chi connectivity index (χ0v) is 17.5. The number of anilines is 2. The smallest absolute Gasteiger partial charge is 0.239 e. The van der Waals surface area contributed by atoms with Gasteiger partial charge in [0.2, 0.25) is 17.7 Å². The Hall–Kier alpha value is -2.45. The van der Waals surface area contributed by atoms with Gasteiger partial charge in [-0.15, -0.1) is 0 Å². The molecule has 1 aliphatic heterocycles. The number of pyridine rings is 1. The number of carbonyl (C=O) groups is 2. The number of hydrogen-bond donors (Lipinski definition) is 1. The molecule has 0 radical (unpaired) electrons. The molecular formula is C20H23BrN4O3. The van der Waals surface area contributed by atoms with E-state index in [1.807, 2.05) is 43.3 Å². The lowest BCUT2D eigenvalue weighted by Gasteiger charge is -2.17. The first-order valence-electron chi connectivity index (χ1n) is 9.05. The first kappa shape index (κ1) is 20.3. The van der Waals surface area contributed by atoms with E-state index in [1.165, 1.54) is 0 Å². The molecule has 0 bridgehead atoms. The van der Waals surface area contributed by atoms with Crippen molar-refractivity contribution in [3.8, 4) is 5.88 Å². The van der Waals surface area contributed by atoms with E-state index in [9.17, 15) is 9.59 Å². The van der Waals surface area contributed by atoms with Gasteiger partial charge in [0.1, 0.15) is 12.5 Å². The van der Waals surface area contributed by atoms with Crippen LogP contribution in [0.25, 0.3) is 0 Å². The van der Waals surface area contributed by atoms with Crippen molar-refractivity contribution in [2.75, 3.05) is 44.0 Å². The third-order valence-corrected chi connectivity index (χ3v) is 4.93. The molecule has 2 aromatic rings. The summed E-state index contributed by atoms with van der Waals surface area (Å²) in [6.45, 7) is 1.78. The Bertz CT molecular complexity index is 859. The Balaban J connectivity index is 1.61. The number of hydrogen-bond acceptors (Lipinski definition) is 5. The lowest BCUT2D eigenvalue weighted by Crippen LogP contribution is -2.33. The van der Waals surface area contributed by atoms with Gasteiger partial charge in [-0.25, -0.2) is 4.98 Å². The van der Waals surface area contributed by atoms with E-state index < -0.39 is 5.92 Å². The first-order chi connectivity index (χ1) is 13.4. The maximum atomic E-state index is 12.7. The number of halogens is 1. The van der Waals surface area contributed by atoms with Gasteiger partial charge in [-0.2, -0.15) is 0 Å². The van der Waals surface area contributed by atoms with Crippen molar-refractivity contribution in [1.82, 2.24) is 9.88 Å². The van der Waals surface area contributed by atoms with Crippen LogP contribution in [-0.4, -0.2) is 55.5 Å². The largest absolute Gasteiger partial charge is 0.476 e. The molecule has 1 aromatic carbocycles. The van der Waals surface area contributed by atoms with E-state index in [-0.39, 0.29) is 11.8 Å². The number of nitrogens with one attached hydrogen (secondary N) is 1. The number of aromatic nitrogens is 1. The molecule has 1 aromatic heterocycles. The van der Waals surface area contributed by atoms with Gasteiger partial charge in [-0.3, -0.25) is 9.59 Å². The molecule has 28 heavy (non-hydrogen) atoms. The fourth-order valence-corrected chi connectivity index (χ4v) is 3.34. The summed E-state index contributed by atoms with van der Waals surface area (Å²) in [7, 11) is 3.92. The van der Waals surface area contributed by atoms with Gasteiger partial charge in [0, 0.05) is 41.2 Å². The van der Waals surface area contributed by atoms with E-state index in [0.29, 0.717) is 31.1 Å². The van der Waals surface area contributed by atoms with Crippen molar-refractivity contribution in [2.45, 2.75) is 6.42 Å². The van der Waals surface area contributed by atoms with Crippen LogP contribution in [0, 0.1) is 5.92 Å². The molecule has 1 fully saturated rings. The van der Waals surface area contributed by atoms with Crippen LogP contribution in [0.4, 0.5) is 11.4 Å². The Morgan fingerprint density at radius 3 is 2.93 bits per heavy atom. The van der Waals surface area contributed by atoms with Crippen LogP contribution >= 0.6 is 15.9 Å². The molecule has 0 aliphatic carbocycles. The Morgan fingerprint density at radius 2 is 2.18 bits per heavy atom. The van der Waals surface area contributed by atoms with Gasteiger partial charge in [0.25, 0.3) is 0 Å². The standard InChI is InChI=1S/C20H23BrN4O3/c1-24(2)10-11-28-18-13-15(6-8-22-18)23-19(26)17-7-9-25(20(17)27)16-5-3-4-14(21)12-16/h3-6,8,12-13,17H,7,9-11H2,1-2H3,(H,22,23,26)/t17-/m1/s1. The van der Waals surface area contributed by atoms with Crippen LogP contribution in [-0.2, 0) is 9.59 Å². The molecule has 7 nitrogen and oxygen atoms in total. The maximum Gasteiger partial charge on any atom is 0.239 e. The number of amides is 2. The summed E-state index contributed by atoms with van der Waals surface area (Å²) in [4.78, 5) is 33.2. The van der Waals surface area contributed by atoms with E-state index >= 15 is 0 Å². The summed E-state index contributed by atoms with van der Waals surface area (Å²) in [5.74, 6) is -0.765. The molecule has 8 heteroatoms. The van der Waals surface area contributed by atoms with Crippen LogP contribution in [0.5, 0.6) is 5.88 Å². The normalized spacial score (nSPS) is 16.5. The second-order valence-corrected chi connectivity index (χ2v) is 7.75. The highest BCUT2D eigenvalue weighted by molar-refractivity contribution is 9.10. The zero-order chi connectivity index (χ0) is 20.1. The van der Waals surface area contributed by atoms with Crippen LogP contribution in [0.3, 0.4) is 0 Å². The van der Waals surface area contributed by atoms with Crippen molar-refractivity contribution in [3.05, 3.63) is 47.1 Å². The lowest BCUT2D eigenvalue weighted by molar-refractivity contribution is -0.129. The summed E-state index contributed by atoms with van der Waals surface area (Å²) in [6, 6.07) is 10.9. The topological polar surface area (TPSA) is 74.8 Å². The first-order valence-corrected chi connectivity index (χ1v) is 9.85. The van der Waals surface area contributed by atoms with Gasteiger partial charge in [0.15, 0.2) is 0 Å². The molecule has 0 spiro atoms. The number of carbonyl (C=O) groups excluding carboxylic acids is 2. The van der Waals surface area contributed by atoms with Gasteiger partial charge in [-0.05, 0) is 44.8 Å². The van der Waals surface area contributed by atoms with Gasteiger partial charge >= 0.3 is 0 Å². The molecule has 1 N–H and O–H groups in total. The highest BCUT2D eigenvalue weighted by atomic mass is 79.9. The predicted molar refractivity (Wildman–Crippen MR) is 112 cm³/mol. The van der Waals surface area contributed by atoms with E-state index in [2.05, 4.69) is 26.2 Å². The SMILES string of the molecule is CN(C)CCOc1cc(NC(=O)[C@H]2CCN(c3cccc(Br)c3)C2=O)ccn1. The Labute approximate surface area is 172 Å². The average Bonchev–Trinajstić information content (AvgIpc) is 3.03. The molecule has 0 unspecified atom stereocenters. The Kier molecular flexibility index (Phi) is 6.64. The van der Waals surface area contributed by atoms with Gasteiger partial charge in [0.05, 0.1) is 0 Å². The predicted octanol–water partition coefficient (Wildman–Crippen LogP) is 2.78. The minimum atomic E-state index is -0.703. The van der Waals surface area contributed by atoms with Crippen LogP contribution in [0.1, 0.15) is 6.42 Å². The van der Waals surface area contributed by atoms with Crippen LogP contribution < -0.4 is 15.0 Å². The number of benzene rings is 1. The molecule has 1 aliphatic rings. The van der Waals surface area contributed by atoms with Crippen LogP contribution in [0.15, 0.2) is 47.1 Å². The molecule has 1 saturated heterocycles. The highest BCUT2D eigenvalue weighted by Gasteiger charge is 2.37. The van der Waals surface area contributed by atoms with Gasteiger partial charge in [-0.1, -0.05) is 22.0 Å². The molecule has 0 saturated carbocycles. The molecule has 3 rings (SSSR count). The second-order valence-electron chi connectivity index (χ2n) is 6.83. The third-order valence-electron chi connectivity index (χ3n) is 4.43. The van der Waals surface area contributed by atoms with Crippen molar-refractivity contribution in [3.63, 3.8) is 0 Å². The molecule has 2 heterocycles. The van der Waals surface area contributed by atoms with Crippen molar-refractivity contribution >= 4 is 39.1 Å². The van der Waals surface area contributed by atoms with E-state index in [0.717, 1.165) is 16.7 Å². The second kappa shape index (κ2) is 9.16. The van der Waals surface area contributed by atoms with E-state index in [1.54, 1.807) is 23.2 Å².